The lowest BCUT2D eigenvalue weighted by atomic mass is 10.1. The number of nitrogens with two attached hydrogens (primary N) is 1. The number of hydrogen-bond acceptors (Lipinski definition) is 3. The fourth-order valence-electron chi connectivity index (χ4n) is 1.53. The Kier molecular flexibility index (Phi) is 4.19. The molecule has 1 aliphatic rings. The van der Waals surface area contributed by atoms with Gasteiger partial charge in [0, 0.05) is 0 Å². The van der Waals surface area contributed by atoms with Crippen molar-refractivity contribution in [2.24, 2.45) is 11.7 Å². The van der Waals surface area contributed by atoms with Crippen molar-refractivity contribution in [2.45, 2.75) is 19.3 Å². The SMILES string of the molecule is NCCc1ccc(OCOCC2CC2)cc1. The van der Waals surface area contributed by atoms with Crippen LogP contribution in [0, 0.1) is 5.92 Å². The van der Waals surface area contributed by atoms with Crippen molar-refractivity contribution in [1.82, 2.24) is 0 Å². The van der Waals surface area contributed by atoms with Gasteiger partial charge in [-0.15, -0.1) is 0 Å². The van der Waals surface area contributed by atoms with Gasteiger partial charge in [0.25, 0.3) is 0 Å². The molecule has 3 heteroatoms. The normalized spacial score (nSPS) is 15.1. The topological polar surface area (TPSA) is 44.5 Å². The maximum absolute atomic E-state index is 5.48. The summed E-state index contributed by atoms with van der Waals surface area (Å²) >= 11 is 0. The van der Waals surface area contributed by atoms with Crippen LogP contribution in [0.25, 0.3) is 0 Å². The molecule has 0 spiro atoms. The van der Waals surface area contributed by atoms with Gasteiger partial charge in [-0.25, -0.2) is 0 Å². The molecule has 1 aromatic rings. The lowest BCUT2D eigenvalue weighted by Gasteiger charge is -2.07. The molecule has 88 valence electrons. The Hall–Kier alpha value is -1.06. The molecule has 1 aliphatic carbocycles. The fraction of sp³-hybridized carbons (Fsp3) is 0.538. The lowest BCUT2D eigenvalue weighted by Crippen LogP contribution is -2.05. The van der Waals surface area contributed by atoms with Gasteiger partial charge in [-0.3, -0.25) is 0 Å². The zero-order chi connectivity index (χ0) is 11.2. The second kappa shape index (κ2) is 5.87. The van der Waals surface area contributed by atoms with Crippen molar-refractivity contribution in [3.63, 3.8) is 0 Å². The van der Waals surface area contributed by atoms with Gasteiger partial charge in [-0.2, -0.15) is 0 Å². The van der Waals surface area contributed by atoms with E-state index in [9.17, 15) is 0 Å². The zero-order valence-electron chi connectivity index (χ0n) is 9.52. The maximum atomic E-state index is 5.48. The highest BCUT2D eigenvalue weighted by molar-refractivity contribution is 5.27. The van der Waals surface area contributed by atoms with Gasteiger partial charge in [0.05, 0.1) is 6.61 Å². The van der Waals surface area contributed by atoms with Crippen LogP contribution in [-0.4, -0.2) is 19.9 Å². The van der Waals surface area contributed by atoms with E-state index in [0.717, 1.165) is 24.7 Å². The molecule has 2 rings (SSSR count). The first-order valence-electron chi connectivity index (χ1n) is 5.88. The summed E-state index contributed by atoms with van der Waals surface area (Å²) in [7, 11) is 0. The quantitative estimate of drug-likeness (QED) is 0.565. The van der Waals surface area contributed by atoms with Crippen LogP contribution in [0.4, 0.5) is 0 Å². The average molecular weight is 221 g/mol. The maximum Gasteiger partial charge on any atom is 0.189 e. The van der Waals surface area contributed by atoms with Crippen LogP contribution in [-0.2, 0) is 11.2 Å². The molecule has 0 heterocycles. The molecular weight excluding hydrogens is 202 g/mol. The van der Waals surface area contributed by atoms with Crippen LogP contribution < -0.4 is 10.5 Å². The third kappa shape index (κ3) is 3.83. The summed E-state index contributed by atoms with van der Waals surface area (Å²) in [4.78, 5) is 0. The van der Waals surface area contributed by atoms with Crippen molar-refractivity contribution in [3.05, 3.63) is 29.8 Å². The van der Waals surface area contributed by atoms with Gasteiger partial charge in [0.15, 0.2) is 6.79 Å². The molecule has 1 fully saturated rings. The Morgan fingerprint density at radius 1 is 1.19 bits per heavy atom. The van der Waals surface area contributed by atoms with Gasteiger partial charge >= 0.3 is 0 Å². The van der Waals surface area contributed by atoms with Crippen molar-refractivity contribution in [2.75, 3.05) is 19.9 Å². The standard InChI is InChI=1S/C13H19NO2/c14-8-7-11-3-5-13(6-4-11)16-10-15-9-12-1-2-12/h3-6,12H,1-2,7-10,14H2. The van der Waals surface area contributed by atoms with Gasteiger partial charge in [0.1, 0.15) is 5.75 Å². The van der Waals surface area contributed by atoms with E-state index in [1.807, 2.05) is 24.3 Å². The van der Waals surface area contributed by atoms with Gasteiger partial charge < -0.3 is 15.2 Å². The highest BCUT2D eigenvalue weighted by atomic mass is 16.7. The Morgan fingerprint density at radius 3 is 2.56 bits per heavy atom. The summed E-state index contributed by atoms with van der Waals surface area (Å²) in [5.41, 5.74) is 6.72. The summed E-state index contributed by atoms with van der Waals surface area (Å²) in [5, 5.41) is 0. The molecule has 0 radical (unpaired) electrons. The summed E-state index contributed by atoms with van der Waals surface area (Å²) in [6.45, 7) is 1.88. The van der Waals surface area contributed by atoms with E-state index in [2.05, 4.69) is 0 Å². The predicted molar refractivity (Wildman–Crippen MR) is 63.4 cm³/mol. The highest BCUT2D eigenvalue weighted by Crippen LogP contribution is 2.28. The van der Waals surface area contributed by atoms with E-state index in [-0.39, 0.29) is 0 Å². The minimum Gasteiger partial charge on any atom is -0.468 e. The van der Waals surface area contributed by atoms with Gasteiger partial charge in [-0.05, 0) is 49.4 Å². The third-order valence-corrected chi connectivity index (χ3v) is 2.72. The number of benzene rings is 1. The highest BCUT2D eigenvalue weighted by Gasteiger charge is 2.20. The first kappa shape index (κ1) is 11.4. The second-order valence-corrected chi connectivity index (χ2v) is 4.26. The van der Waals surface area contributed by atoms with Crippen LogP contribution in [0.3, 0.4) is 0 Å². The summed E-state index contributed by atoms with van der Waals surface area (Å²) < 4.78 is 10.9. The molecule has 0 atom stereocenters. The number of ether oxygens (including phenoxy) is 2. The minimum atomic E-state index is 0.354. The molecule has 0 aliphatic heterocycles. The Balaban J connectivity index is 1.67. The van der Waals surface area contributed by atoms with E-state index < -0.39 is 0 Å². The van der Waals surface area contributed by atoms with Crippen LogP contribution in [0.15, 0.2) is 24.3 Å². The molecule has 3 nitrogen and oxygen atoms in total. The van der Waals surface area contributed by atoms with Crippen LogP contribution in [0.2, 0.25) is 0 Å². The van der Waals surface area contributed by atoms with E-state index >= 15 is 0 Å². The molecule has 0 amide bonds. The van der Waals surface area contributed by atoms with Gasteiger partial charge in [0.2, 0.25) is 0 Å². The lowest BCUT2D eigenvalue weighted by molar-refractivity contribution is 0.00997. The molecule has 16 heavy (non-hydrogen) atoms. The average Bonchev–Trinajstić information content (AvgIpc) is 3.11. The van der Waals surface area contributed by atoms with E-state index in [1.165, 1.54) is 18.4 Å². The minimum absolute atomic E-state index is 0.354. The summed E-state index contributed by atoms with van der Waals surface area (Å²) in [6.07, 6.45) is 3.54. The zero-order valence-corrected chi connectivity index (χ0v) is 9.52. The summed E-state index contributed by atoms with van der Waals surface area (Å²) in [6, 6.07) is 8.02. The molecule has 2 N–H and O–H groups in total. The van der Waals surface area contributed by atoms with E-state index in [1.54, 1.807) is 0 Å². The van der Waals surface area contributed by atoms with Crippen molar-refractivity contribution in [1.29, 1.82) is 0 Å². The molecular formula is C13H19NO2. The fourth-order valence-corrected chi connectivity index (χ4v) is 1.53. The molecule has 0 unspecified atom stereocenters. The molecule has 1 saturated carbocycles. The van der Waals surface area contributed by atoms with Crippen LogP contribution >= 0.6 is 0 Å². The largest absolute Gasteiger partial charge is 0.468 e. The Morgan fingerprint density at radius 2 is 1.94 bits per heavy atom. The van der Waals surface area contributed by atoms with Crippen molar-refractivity contribution in [3.8, 4) is 5.75 Å². The third-order valence-electron chi connectivity index (χ3n) is 2.72. The van der Waals surface area contributed by atoms with Crippen molar-refractivity contribution >= 4 is 0 Å². The second-order valence-electron chi connectivity index (χ2n) is 4.26. The van der Waals surface area contributed by atoms with E-state index in [4.69, 9.17) is 15.2 Å². The smallest absolute Gasteiger partial charge is 0.189 e. The molecule has 1 aromatic carbocycles. The monoisotopic (exact) mass is 221 g/mol. The first-order chi connectivity index (χ1) is 7.88. The van der Waals surface area contributed by atoms with Crippen LogP contribution in [0.1, 0.15) is 18.4 Å². The van der Waals surface area contributed by atoms with Gasteiger partial charge in [-0.1, -0.05) is 12.1 Å². The first-order valence-corrected chi connectivity index (χ1v) is 5.88. The van der Waals surface area contributed by atoms with Crippen molar-refractivity contribution < 1.29 is 9.47 Å². The number of rotatable bonds is 7. The molecule has 0 saturated heterocycles. The number of hydrogen-bond donors (Lipinski definition) is 1. The summed E-state index contributed by atoms with van der Waals surface area (Å²) in [5.74, 6) is 1.65. The predicted octanol–water partition coefficient (Wildman–Crippen LogP) is 1.95. The van der Waals surface area contributed by atoms with E-state index in [0.29, 0.717) is 13.3 Å². The molecule has 0 aromatic heterocycles. The molecule has 0 bridgehead atoms. The van der Waals surface area contributed by atoms with Crippen LogP contribution in [0.5, 0.6) is 5.75 Å². The Labute approximate surface area is 96.5 Å². The Bertz CT molecular complexity index is 306.